The molecule has 7 heteroatoms. The van der Waals surface area contributed by atoms with Gasteiger partial charge in [-0.15, -0.1) is 0 Å². The van der Waals surface area contributed by atoms with E-state index in [9.17, 15) is 13.2 Å². The van der Waals surface area contributed by atoms with Gasteiger partial charge in [0, 0.05) is 11.8 Å². The van der Waals surface area contributed by atoms with Crippen molar-refractivity contribution in [3.63, 3.8) is 0 Å². The molecule has 0 aliphatic carbocycles. The Hall–Kier alpha value is -1.37. The topological polar surface area (TPSA) is 61.0 Å². The number of aromatic nitrogens is 2. The third-order valence-corrected chi connectivity index (χ3v) is 1.85. The summed E-state index contributed by atoms with van der Waals surface area (Å²) in [6.07, 6.45) is -2.76. The van der Waals surface area contributed by atoms with E-state index in [1.54, 1.807) is 6.07 Å². The highest BCUT2D eigenvalue weighted by Crippen LogP contribution is 2.15. The van der Waals surface area contributed by atoms with Crippen LogP contribution in [0.4, 0.5) is 19.0 Å². The average Bonchev–Trinajstić information content (AvgIpc) is 2.15. The van der Waals surface area contributed by atoms with Crippen LogP contribution < -0.4 is 5.73 Å². The van der Waals surface area contributed by atoms with Crippen LogP contribution in [0.1, 0.15) is 24.9 Å². The highest BCUT2D eigenvalue weighted by atomic mass is 19.4. The van der Waals surface area contributed by atoms with Gasteiger partial charge in [0.1, 0.15) is 19.0 Å². The number of nitrogens with two attached hydrogens (primary N) is 1. The Morgan fingerprint density at radius 1 is 1.35 bits per heavy atom. The van der Waals surface area contributed by atoms with Gasteiger partial charge in [0.15, 0.2) is 5.82 Å². The summed E-state index contributed by atoms with van der Waals surface area (Å²) in [5.41, 5.74) is 6.23. The summed E-state index contributed by atoms with van der Waals surface area (Å²) in [7, 11) is 0. The second kappa shape index (κ2) is 5.81. The molecule has 0 amide bonds. The summed E-state index contributed by atoms with van der Waals surface area (Å²) < 4.78 is 40.0. The minimum absolute atomic E-state index is 0.178. The van der Waals surface area contributed by atoms with Crippen molar-refractivity contribution in [3.05, 3.63) is 17.6 Å². The molecule has 0 fully saturated rings. The Morgan fingerprint density at radius 2 is 2.06 bits per heavy atom. The number of hydrogen-bond donors (Lipinski definition) is 1. The van der Waals surface area contributed by atoms with Crippen molar-refractivity contribution in [3.8, 4) is 0 Å². The maximum Gasteiger partial charge on any atom is 0.411 e. The SMILES string of the molecule is CCCc1cc(N)nc(COCC(F)(F)F)n1. The summed E-state index contributed by atoms with van der Waals surface area (Å²) >= 11 is 0. The van der Waals surface area contributed by atoms with Crippen molar-refractivity contribution in [1.29, 1.82) is 0 Å². The lowest BCUT2D eigenvalue weighted by molar-refractivity contribution is -0.177. The van der Waals surface area contributed by atoms with Crippen LogP contribution in [0, 0.1) is 0 Å². The third-order valence-electron chi connectivity index (χ3n) is 1.85. The molecular weight excluding hydrogens is 235 g/mol. The smallest absolute Gasteiger partial charge is 0.384 e. The van der Waals surface area contributed by atoms with E-state index in [1.807, 2.05) is 6.92 Å². The normalized spacial score (nSPS) is 11.8. The number of ether oxygens (including phenoxy) is 1. The van der Waals surface area contributed by atoms with Crippen molar-refractivity contribution in [2.45, 2.75) is 32.5 Å². The summed E-state index contributed by atoms with van der Waals surface area (Å²) in [5, 5.41) is 0. The molecule has 1 rings (SSSR count). The number of halogens is 3. The molecule has 2 N–H and O–H groups in total. The molecule has 0 aliphatic heterocycles. The van der Waals surface area contributed by atoms with Crippen LogP contribution in [0.25, 0.3) is 0 Å². The molecule has 4 nitrogen and oxygen atoms in total. The van der Waals surface area contributed by atoms with Crippen molar-refractivity contribution in [2.24, 2.45) is 0 Å². The minimum Gasteiger partial charge on any atom is -0.384 e. The van der Waals surface area contributed by atoms with Gasteiger partial charge in [-0.2, -0.15) is 13.2 Å². The zero-order chi connectivity index (χ0) is 12.9. The number of alkyl halides is 3. The van der Waals surface area contributed by atoms with Crippen LogP contribution in [-0.4, -0.2) is 22.8 Å². The van der Waals surface area contributed by atoms with Crippen LogP contribution in [-0.2, 0) is 17.8 Å². The van der Waals surface area contributed by atoms with E-state index in [-0.39, 0.29) is 18.2 Å². The summed E-state index contributed by atoms with van der Waals surface area (Å²) in [5.74, 6) is 0.423. The van der Waals surface area contributed by atoms with Crippen LogP contribution >= 0.6 is 0 Å². The molecule has 0 aromatic carbocycles. The van der Waals surface area contributed by atoms with Crippen molar-refractivity contribution >= 4 is 5.82 Å². The number of rotatable bonds is 5. The van der Waals surface area contributed by atoms with Gasteiger partial charge >= 0.3 is 6.18 Å². The van der Waals surface area contributed by atoms with Gasteiger partial charge in [-0.1, -0.05) is 13.3 Å². The zero-order valence-electron chi connectivity index (χ0n) is 9.42. The van der Waals surface area contributed by atoms with E-state index in [2.05, 4.69) is 14.7 Å². The van der Waals surface area contributed by atoms with Crippen LogP contribution in [0.15, 0.2) is 6.07 Å². The van der Waals surface area contributed by atoms with Gasteiger partial charge in [0.25, 0.3) is 0 Å². The molecule has 1 aromatic rings. The Bertz CT molecular complexity index is 368. The standard InChI is InChI=1S/C10H14F3N3O/c1-2-3-7-4-8(14)16-9(15-7)5-17-6-10(11,12)13/h4H,2-3,5-6H2,1H3,(H2,14,15,16). The lowest BCUT2D eigenvalue weighted by Crippen LogP contribution is -2.17. The van der Waals surface area contributed by atoms with E-state index in [1.165, 1.54) is 0 Å². The Labute approximate surface area is 97.0 Å². The molecule has 1 heterocycles. The summed E-state index contributed by atoms with van der Waals surface area (Å²) in [4.78, 5) is 7.87. The molecular formula is C10H14F3N3O. The first-order valence-electron chi connectivity index (χ1n) is 5.17. The predicted molar refractivity (Wildman–Crippen MR) is 56.2 cm³/mol. The van der Waals surface area contributed by atoms with E-state index in [0.717, 1.165) is 6.42 Å². The van der Waals surface area contributed by atoms with Gasteiger partial charge in [0.2, 0.25) is 0 Å². The van der Waals surface area contributed by atoms with E-state index >= 15 is 0 Å². The molecule has 0 unspecified atom stereocenters. The largest absolute Gasteiger partial charge is 0.411 e. The van der Waals surface area contributed by atoms with Gasteiger partial charge in [-0.3, -0.25) is 0 Å². The van der Waals surface area contributed by atoms with E-state index in [0.29, 0.717) is 12.1 Å². The molecule has 96 valence electrons. The molecule has 0 bridgehead atoms. The maximum absolute atomic E-state index is 11.8. The molecule has 0 spiro atoms. The predicted octanol–water partition coefficient (Wildman–Crippen LogP) is 2.09. The van der Waals surface area contributed by atoms with Crippen molar-refractivity contribution in [1.82, 2.24) is 9.97 Å². The molecule has 0 saturated heterocycles. The molecule has 0 atom stereocenters. The quantitative estimate of drug-likeness (QED) is 0.868. The first-order valence-corrected chi connectivity index (χ1v) is 5.17. The Kier molecular flexibility index (Phi) is 4.68. The minimum atomic E-state index is -4.34. The molecule has 0 aliphatic rings. The first kappa shape index (κ1) is 13.7. The number of anilines is 1. The van der Waals surface area contributed by atoms with Gasteiger partial charge < -0.3 is 10.5 Å². The molecule has 0 radical (unpaired) electrons. The van der Waals surface area contributed by atoms with Gasteiger partial charge in [-0.05, 0) is 6.42 Å². The second-order valence-electron chi connectivity index (χ2n) is 3.56. The fourth-order valence-corrected chi connectivity index (χ4v) is 1.28. The summed E-state index contributed by atoms with van der Waals surface area (Å²) in [6, 6.07) is 1.61. The van der Waals surface area contributed by atoms with Gasteiger partial charge in [-0.25, -0.2) is 9.97 Å². The number of nitrogen functional groups attached to an aromatic ring is 1. The van der Waals surface area contributed by atoms with Crippen LogP contribution in [0.2, 0.25) is 0 Å². The lowest BCUT2D eigenvalue weighted by atomic mass is 10.2. The molecule has 17 heavy (non-hydrogen) atoms. The number of aryl methyl sites for hydroxylation is 1. The van der Waals surface area contributed by atoms with Crippen molar-refractivity contribution < 1.29 is 17.9 Å². The molecule has 0 saturated carbocycles. The number of nitrogens with zero attached hydrogens (tertiary/aromatic N) is 2. The second-order valence-corrected chi connectivity index (χ2v) is 3.56. The first-order chi connectivity index (χ1) is 7.90. The highest BCUT2D eigenvalue weighted by molar-refractivity contribution is 5.29. The van der Waals surface area contributed by atoms with Crippen molar-refractivity contribution in [2.75, 3.05) is 12.3 Å². The fourth-order valence-electron chi connectivity index (χ4n) is 1.28. The highest BCUT2D eigenvalue weighted by Gasteiger charge is 2.27. The van der Waals surface area contributed by atoms with Crippen LogP contribution in [0.5, 0.6) is 0 Å². The van der Waals surface area contributed by atoms with E-state index in [4.69, 9.17) is 5.73 Å². The fraction of sp³-hybridized carbons (Fsp3) is 0.600. The van der Waals surface area contributed by atoms with Crippen LogP contribution in [0.3, 0.4) is 0 Å². The third kappa shape index (κ3) is 5.48. The van der Waals surface area contributed by atoms with E-state index < -0.39 is 12.8 Å². The summed E-state index contributed by atoms with van der Waals surface area (Å²) in [6.45, 7) is 0.369. The zero-order valence-corrected chi connectivity index (χ0v) is 9.42. The number of hydrogen-bond acceptors (Lipinski definition) is 4. The Morgan fingerprint density at radius 3 is 2.65 bits per heavy atom. The monoisotopic (exact) mass is 249 g/mol. The molecule has 1 aromatic heterocycles. The maximum atomic E-state index is 11.8. The lowest BCUT2D eigenvalue weighted by Gasteiger charge is -2.08. The Balaban J connectivity index is 2.58. The average molecular weight is 249 g/mol. The van der Waals surface area contributed by atoms with Gasteiger partial charge in [0.05, 0.1) is 0 Å².